The van der Waals surface area contributed by atoms with Crippen LogP contribution in [-0.4, -0.2) is 26.2 Å². The lowest BCUT2D eigenvalue weighted by molar-refractivity contribution is -0.118. The van der Waals surface area contributed by atoms with Crippen molar-refractivity contribution in [2.45, 2.75) is 13.3 Å². The van der Waals surface area contributed by atoms with E-state index in [2.05, 4.69) is 5.32 Å². The van der Waals surface area contributed by atoms with Crippen molar-refractivity contribution >= 4 is 11.6 Å². The molecule has 6 nitrogen and oxygen atoms in total. The van der Waals surface area contributed by atoms with E-state index >= 15 is 0 Å². The summed E-state index contributed by atoms with van der Waals surface area (Å²) in [4.78, 5) is 12.1. The lowest BCUT2D eigenvalue weighted by Gasteiger charge is -2.13. The molecule has 0 heterocycles. The second-order valence-electron chi connectivity index (χ2n) is 5.16. The van der Waals surface area contributed by atoms with Gasteiger partial charge in [-0.05, 0) is 30.7 Å². The first kappa shape index (κ1) is 18.1. The Kier molecular flexibility index (Phi) is 6.66. The van der Waals surface area contributed by atoms with E-state index in [-0.39, 0.29) is 12.5 Å². The van der Waals surface area contributed by atoms with Gasteiger partial charge in [0.25, 0.3) is 5.91 Å². The third-order valence-corrected chi connectivity index (χ3v) is 3.27. The van der Waals surface area contributed by atoms with Gasteiger partial charge in [0.05, 0.1) is 31.0 Å². The first-order valence-corrected chi connectivity index (χ1v) is 7.90. The molecule has 2 aromatic rings. The fourth-order valence-electron chi connectivity index (χ4n) is 2.09. The van der Waals surface area contributed by atoms with Gasteiger partial charge in [0.15, 0.2) is 18.1 Å². The minimum atomic E-state index is -0.320. The third-order valence-electron chi connectivity index (χ3n) is 3.27. The van der Waals surface area contributed by atoms with Gasteiger partial charge in [-0.2, -0.15) is 5.26 Å². The van der Waals surface area contributed by atoms with E-state index in [4.69, 9.17) is 19.5 Å². The van der Waals surface area contributed by atoms with Gasteiger partial charge in [0.2, 0.25) is 0 Å². The van der Waals surface area contributed by atoms with Gasteiger partial charge in [-0.25, -0.2) is 0 Å². The number of methoxy groups -OCH3 is 1. The number of anilines is 1. The summed E-state index contributed by atoms with van der Waals surface area (Å²) in [5.74, 6) is 1.10. The van der Waals surface area contributed by atoms with Crippen LogP contribution in [0, 0.1) is 11.3 Å². The average Bonchev–Trinajstić information content (AvgIpc) is 2.65. The molecule has 0 saturated carbocycles. The Labute approximate surface area is 146 Å². The van der Waals surface area contributed by atoms with Crippen molar-refractivity contribution in [2.24, 2.45) is 0 Å². The van der Waals surface area contributed by atoms with Gasteiger partial charge in [-0.1, -0.05) is 19.1 Å². The highest BCUT2D eigenvalue weighted by molar-refractivity contribution is 5.93. The fourth-order valence-corrected chi connectivity index (χ4v) is 2.09. The number of hydrogen-bond donors (Lipinski definition) is 1. The summed E-state index contributed by atoms with van der Waals surface area (Å²) >= 11 is 0. The molecule has 0 aromatic heterocycles. The van der Waals surface area contributed by atoms with Crippen molar-refractivity contribution < 1.29 is 19.0 Å². The first-order chi connectivity index (χ1) is 12.2. The van der Waals surface area contributed by atoms with Crippen LogP contribution < -0.4 is 19.5 Å². The van der Waals surface area contributed by atoms with E-state index in [1.807, 2.05) is 25.1 Å². The molecule has 0 spiro atoms. The van der Waals surface area contributed by atoms with Crippen LogP contribution in [0.3, 0.4) is 0 Å². The average molecular weight is 340 g/mol. The van der Waals surface area contributed by atoms with Crippen LogP contribution >= 0.6 is 0 Å². The summed E-state index contributed by atoms with van der Waals surface area (Å²) in [7, 11) is 1.48. The number of nitrogens with zero attached hydrogens (tertiary/aromatic N) is 1. The molecule has 1 amide bonds. The molecule has 0 radical (unpaired) electrons. The zero-order valence-corrected chi connectivity index (χ0v) is 14.2. The summed E-state index contributed by atoms with van der Waals surface area (Å²) in [5, 5.41) is 11.7. The Morgan fingerprint density at radius 3 is 2.64 bits per heavy atom. The molecule has 0 aliphatic rings. The Balaban J connectivity index is 1.99. The SMILES string of the molecule is CCCOc1ccccc1NC(=O)COc1ccc(C#N)cc1OC. The highest BCUT2D eigenvalue weighted by atomic mass is 16.5. The molecular formula is C19H20N2O4. The molecule has 0 fully saturated rings. The molecule has 2 aromatic carbocycles. The fraction of sp³-hybridized carbons (Fsp3) is 0.263. The highest BCUT2D eigenvalue weighted by Crippen LogP contribution is 2.28. The largest absolute Gasteiger partial charge is 0.493 e. The number of rotatable bonds is 8. The van der Waals surface area contributed by atoms with Gasteiger partial charge >= 0.3 is 0 Å². The molecule has 6 heteroatoms. The number of nitriles is 1. The lowest BCUT2D eigenvalue weighted by Crippen LogP contribution is -2.20. The standard InChI is InChI=1S/C19H20N2O4/c1-3-10-24-16-7-5-4-6-15(16)21-19(22)13-25-17-9-8-14(12-20)11-18(17)23-2/h4-9,11H,3,10,13H2,1-2H3,(H,21,22). The van der Waals surface area contributed by atoms with Crippen LogP contribution in [0.15, 0.2) is 42.5 Å². The van der Waals surface area contributed by atoms with Gasteiger partial charge in [0, 0.05) is 6.07 Å². The van der Waals surface area contributed by atoms with Crippen LogP contribution in [0.25, 0.3) is 0 Å². The Hall–Kier alpha value is -3.20. The van der Waals surface area contributed by atoms with Crippen LogP contribution in [-0.2, 0) is 4.79 Å². The first-order valence-electron chi connectivity index (χ1n) is 7.90. The monoisotopic (exact) mass is 340 g/mol. The summed E-state index contributed by atoms with van der Waals surface area (Å²) in [5.41, 5.74) is 1.05. The minimum absolute atomic E-state index is 0.190. The molecule has 0 aliphatic heterocycles. The van der Waals surface area contributed by atoms with Crippen molar-refractivity contribution in [1.29, 1.82) is 5.26 Å². The van der Waals surface area contributed by atoms with Crippen molar-refractivity contribution in [1.82, 2.24) is 0 Å². The quantitative estimate of drug-likeness (QED) is 0.797. The van der Waals surface area contributed by atoms with Gasteiger partial charge in [0.1, 0.15) is 5.75 Å². The number of amides is 1. The number of nitrogens with one attached hydrogen (secondary N) is 1. The second-order valence-corrected chi connectivity index (χ2v) is 5.16. The van der Waals surface area contributed by atoms with E-state index in [1.54, 1.807) is 30.3 Å². The molecule has 0 saturated heterocycles. The molecule has 0 aliphatic carbocycles. The normalized spacial score (nSPS) is 9.80. The number of carbonyl (C=O) groups excluding carboxylic acids is 1. The number of benzene rings is 2. The van der Waals surface area contributed by atoms with Gasteiger partial charge in [-0.15, -0.1) is 0 Å². The number of hydrogen-bond acceptors (Lipinski definition) is 5. The van der Waals surface area contributed by atoms with Crippen molar-refractivity contribution in [3.8, 4) is 23.3 Å². The molecule has 25 heavy (non-hydrogen) atoms. The maximum absolute atomic E-state index is 12.1. The van der Waals surface area contributed by atoms with Gasteiger partial charge in [-0.3, -0.25) is 4.79 Å². The van der Waals surface area contributed by atoms with Crippen LogP contribution in [0.4, 0.5) is 5.69 Å². The van der Waals surface area contributed by atoms with Crippen LogP contribution in [0.1, 0.15) is 18.9 Å². The third kappa shape index (κ3) is 5.15. The number of ether oxygens (including phenoxy) is 3. The maximum atomic E-state index is 12.1. The van der Waals surface area contributed by atoms with Crippen molar-refractivity contribution in [3.05, 3.63) is 48.0 Å². The summed E-state index contributed by atoms with van der Waals surface area (Å²) in [6.45, 7) is 2.40. The Bertz CT molecular complexity index is 768. The predicted octanol–water partition coefficient (Wildman–Crippen LogP) is 3.37. The second kappa shape index (κ2) is 9.18. The molecule has 2 rings (SSSR count). The molecule has 130 valence electrons. The molecule has 0 bridgehead atoms. The Morgan fingerprint density at radius 2 is 1.92 bits per heavy atom. The van der Waals surface area contributed by atoms with E-state index in [0.717, 1.165) is 6.42 Å². The maximum Gasteiger partial charge on any atom is 0.262 e. The summed E-state index contributed by atoms with van der Waals surface area (Å²) in [6, 6.07) is 14.0. The highest BCUT2D eigenvalue weighted by Gasteiger charge is 2.11. The Morgan fingerprint density at radius 1 is 1.12 bits per heavy atom. The van der Waals surface area contributed by atoms with Gasteiger partial charge < -0.3 is 19.5 Å². The predicted molar refractivity (Wildman–Crippen MR) is 94.1 cm³/mol. The van der Waals surface area contributed by atoms with E-state index in [1.165, 1.54) is 7.11 Å². The summed E-state index contributed by atoms with van der Waals surface area (Å²) in [6.07, 6.45) is 0.879. The smallest absolute Gasteiger partial charge is 0.262 e. The van der Waals surface area contributed by atoms with E-state index in [0.29, 0.717) is 35.1 Å². The van der Waals surface area contributed by atoms with Crippen molar-refractivity contribution in [3.63, 3.8) is 0 Å². The molecule has 0 atom stereocenters. The molecule has 1 N–H and O–H groups in total. The molecular weight excluding hydrogens is 320 g/mol. The molecule has 0 unspecified atom stereocenters. The van der Waals surface area contributed by atoms with Crippen LogP contribution in [0.2, 0.25) is 0 Å². The summed E-state index contributed by atoms with van der Waals surface area (Å²) < 4.78 is 16.3. The zero-order valence-electron chi connectivity index (χ0n) is 14.2. The zero-order chi connectivity index (χ0) is 18.1. The topological polar surface area (TPSA) is 80.6 Å². The van der Waals surface area contributed by atoms with E-state index < -0.39 is 0 Å². The van der Waals surface area contributed by atoms with Crippen molar-refractivity contribution in [2.75, 3.05) is 25.6 Å². The number of para-hydroxylation sites is 2. The van der Waals surface area contributed by atoms with Crippen LogP contribution in [0.5, 0.6) is 17.2 Å². The lowest BCUT2D eigenvalue weighted by atomic mass is 10.2. The minimum Gasteiger partial charge on any atom is -0.493 e. The van der Waals surface area contributed by atoms with E-state index in [9.17, 15) is 4.79 Å². The number of carbonyl (C=O) groups is 1.